The molecule has 0 spiro atoms. The fourth-order valence-electron chi connectivity index (χ4n) is 2.68. The Morgan fingerprint density at radius 3 is 2.58 bits per heavy atom. The molecule has 0 atom stereocenters. The summed E-state index contributed by atoms with van der Waals surface area (Å²) in [4.78, 5) is 21.1. The van der Waals surface area contributed by atoms with E-state index < -0.39 is 0 Å². The lowest BCUT2D eigenvalue weighted by Gasteiger charge is -2.34. The Balaban J connectivity index is 1.53. The van der Waals surface area contributed by atoms with Crippen molar-refractivity contribution in [2.75, 3.05) is 37.7 Å². The minimum Gasteiger partial charge on any atom is -0.494 e. The van der Waals surface area contributed by atoms with Crippen LogP contribution in [0.25, 0.3) is 0 Å². The van der Waals surface area contributed by atoms with E-state index in [0.717, 1.165) is 62.1 Å². The Kier molecular flexibility index (Phi) is 5.69. The van der Waals surface area contributed by atoms with E-state index in [1.54, 1.807) is 11.3 Å². The second-order valence-corrected chi connectivity index (χ2v) is 6.69. The van der Waals surface area contributed by atoms with Crippen molar-refractivity contribution in [3.63, 3.8) is 0 Å². The molecule has 0 aliphatic carbocycles. The lowest BCUT2D eigenvalue weighted by atomic mass is 10.1. The van der Waals surface area contributed by atoms with Crippen LogP contribution in [-0.2, 0) is 0 Å². The van der Waals surface area contributed by atoms with Gasteiger partial charge in [-0.1, -0.05) is 13.3 Å². The number of nitrogens with zero attached hydrogens (tertiary/aromatic N) is 3. The predicted molar refractivity (Wildman–Crippen MR) is 97.1 cm³/mol. The summed E-state index contributed by atoms with van der Waals surface area (Å²) in [5.41, 5.74) is 0.723. The summed E-state index contributed by atoms with van der Waals surface area (Å²) in [5.74, 6) is 0.919. The summed E-state index contributed by atoms with van der Waals surface area (Å²) in [6.45, 7) is 5.98. The van der Waals surface area contributed by atoms with Crippen molar-refractivity contribution in [2.45, 2.75) is 19.8 Å². The lowest BCUT2D eigenvalue weighted by molar-refractivity contribution is 0.0746. The molecule has 1 aromatic carbocycles. The molecular weight excluding hydrogens is 322 g/mol. The van der Waals surface area contributed by atoms with Crippen molar-refractivity contribution < 1.29 is 9.53 Å². The fraction of sp³-hybridized carbons (Fsp3) is 0.444. The third kappa shape index (κ3) is 4.06. The molecule has 24 heavy (non-hydrogen) atoms. The number of thiazole rings is 1. The lowest BCUT2D eigenvalue weighted by Crippen LogP contribution is -2.48. The number of unbranched alkanes of at least 4 members (excludes halogenated alkanes) is 1. The van der Waals surface area contributed by atoms with Crippen LogP contribution >= 0.6 is 11.3 Å². The maximum Gasteiger partial charge on any atom is 0.253 e. The van der Waals surface area contributed by atoms with E-state index in [4.69, 9.17) is 4.74 Å². The highest BCUT2D eigenvalue weighted by atomic mass is 32.1. The molecular formula is C18H23N3O2S. The molecule has 0 saturated carbocycles. The molecule has 1 aliphatic rings. The smallest absolute Gasteiger partial charge is 0.253 e. The highest BCUT2D eigenvalue weighted by Crippen LogP contribution is 2.20. The number of ether oxygens (including phenoxy) is 1. The summed E-state index contributed by atoms with van der Waals surface area (Å²) in [6.07, 6.45) is 3.98. The average Bonchev–Trinajstić information content (AvgIpc) is 3.17. The van der Waals surface area contributed by atoms with Crippen LogP contribution in [-0.4, -0.2) is 48.6 Å². The molecule has 2 heterocycles. The third-order valence-electron chi connectivity index (χ3n) is 4.12. The van der Waals surface area contributed by atoms with Gasteiger partial charge in [0, 0.05) is 43.3 Å². The number of carbonyl (C=O) groups excluding carboxylic acids is 1. The Labute approximate surface area is 146 Å². The molecule has 6 heteroatoms. The third-order valence-corrected chi connectivity index (χ3v) is 4.96. The van der Waals surface area contributed by atoms with E-state index in [9.17, 15) is 4.79 Å². The summed E-state index contributed by atoms with van der Waals surface area (Å²) < 4.78 is 5.64. The molecule has 3 rings (SSSR count). The van der Waals surface area contributed by atoms with E-state index in [0.29, 0.717) is 0 Å². The molecule has 128 valence electrons. The summed E-state index contributed by atoms with van der Waals surface area (Å²) >= 11 is 1.64. The zero-order chi connectivity index (χ0) is 16.8. The molecule has 2 aromatic rings. The first kappa shape index (κ1) is 16.8. The van der Waals surface area contributed by atoms with E-state index in [-0.39, 0.29) is 5.91 Å². The average molecular weight is 345 g/mol. The topological polar surface area (TPSA) is 45.7 Å². The van der Waals surface area contributed by atoms with Gasteiger partial charge in [0.05, 0.1) is 6.61 Å². The second-order valence-electron chi connectivity index (χ2n) is 5.82. The van der Waals surface area contributed by atoms with Crippen LogP contribution in [0.2, 0.25) is 0 Å². The van der Waals surface area contributed by atoms with Crippen LogP contribution in [0.4, 0.5) is 5.13 Å². The predicted octanol–water partition coefficient (Wildman–Crippen LogP) is 3.28. The molecule has 0 N–H and O–H groups in total. The van der Waals surface area contributed by atoms with Crippen LogP contribution in [0.3, 0.4) is 0 Å². The van der Waals surface area contributed by atoms with E-state index in [1.807, 2.05) is 40.7 Å². The van der Waals surface area contributed by atoms with Crippen molar-refractivity contribution in [2.24, 2.45) is 0 Å². The number of aromatic nitrogens is 1. The van der Waals surface area contributed by atoms with Crippen LogP contribution in [0.15, 0.2) is 35.8 Å². The van der Waals surface area contributed by atoms with Crippen LogP contribution in [0.1, 0.15) is 30.1 Å². The van der Waals surface area contributed by atoms with Crippen molar-refractivity contribution in [1.29, 1.82) is 0 Å². The maximum absolute atomic E-state index is 12.6. The fourth-order valence-corrected chi connectivity index (χ4v) is 3.38. The Morgan fingerprint density at radius 1 is 1.21 bits per heavy atom. The van der Waals surface area contributed by atoms with Gasteiger partial charge >= 0.3 is 0 Å². The van der Waals surface area contributed by atoms with Gasteiger partial charge in [0.1, 0.15) is 5.75 Å². The van der Waals surface area contributed by atoms with Crippen LogP contribution < -0.4 is 9.64 Å². The largest absolute Gasteiger partial charge is 0.494 e. The molecule has 1 saturated heterocycles. The first-order valence-corrected chi connectivity index (χ1v) is 9.32. The molecule has 0 radical (unpaired) electrons. The van der Waals surface area contributed by atoms with Crippen molar-refractivity contribution >= 4 is 22.4 Å². The summed E-state index contributed by atoms with van der Waals surface area (Å²) in [7, 11) is 0. The number of anilines is 1. The van der Waals surface area contributed by atoms with Gasteiger partial charge in [-0.2, -0.15) is 0 Å². The van der Waals surface area contributed by atoms with E-state index in [2.05, 4.69) is 16.8 Å². The van der Waals surface area contributed by atoms with Crippen LogP contribution in [0, 0.1) is 0 Å². The minimum absolute atomic E-state index is 0.0916. The van der Waals surface area contributed by atoms with Gasteiger partial charge in [-0.05, 0) is 30.7 Å². The first-order valence-electron chi connectivity index (χ1n) is 8.44. The number of amides is 1. The summed E-state index contributed by atoms with van der Waals surface area (Å²) in [6, 6.07) is 7.48. The molecule has 0 bridgehead atoms. The van der Waals surface area contributed by atoms with E-state index in [1.165, 1.54) is 0 Å². The van der Waals surface area contributed by atoms with Crippen molar-refractivity contribution in [3.8, 4) is 5.75 Å². The normalized spacial score (nSPS) is 14.7. The molecule has 1 aliphatic heterocycles. The monoisotopic (exact) mass is 345 g/mol. The SMILES string of the molecule is CCCCOc1ccc(C(=O)N2CCN(c3nccs3)CC2)cc1. The molecule has 1 fully saturated rings. The second kappa shape index (κ2) is 8.15. The van der Waals surface area contributed by atoms with E-state index >= 15 is 0 Å². The van der Waals surface area contributed by atoms with Gasteiger partial charge < -0.3 is 14.5 Å². The number of carbonyl (C=O) groups is 1. The number of hydrogen-bond acceptors (Lipinski definition) is 5. The van der Waals surface area contributed by atoms with Gasteiger partial charge in [0.15, 0.2) is 5.13 Å². The molecule has 1 amide bonds. The van der Waals surface area contributed by atoms with Gasteiger partial charge in [0.25, 0.3) is 5.91 Å². The molecule has 5 nitrogen and oxygen atoms in total. The first-order chi connectivity index (χ1) is 11.8. The van der Waals surface area contributed by atoms with Crippen molar-refractivity contribution in [3.05, 3.63) is 41.4 Å². The maximum atomic E-state index is 12.6. The molecule has 0 unspecified atom stereocenters. The zero-order valence-corrected chi connectivity index (χ0v) is 14.8. The Hall–Kier alpha value is -2.08. The van der Waals surface area contributed by atoms with Gasteiger partial charge in [0.2, 0.25) is 0 Å². The van der Waals surface area contributed by atoms with Gasteiger partial charge in [-0.3, -0.25) is 4.79 Å². The standard InChI is InChI=1S/C18H23N3O2S/c1-2-3-13-23-16-6-4-15(5-7-16)17(22)20-9-11-21(12-10-20)18-19-8-14-24-18/h4-8,14H,2-3,9-13H2,1H3. The number of piperazine rings is 1. The number of rotatable bonds is 6. The minimum atomic E-state index is 0.0916. The zero-order valence-electron chi connectivity index (χ0n) is 14.0. The highest BCUT2D eigenvalue weighted by Gasteiger charge is 2.23. The number of benzene rings is 1. The Morgan fingerprint density at radius 2 is 1.96 bits per heavy atom. The number of hydrogen-bond donors (Lipinski definition) is 0. The van der Waals surface area contributed by atoms with Gasteiger partial charge in [-0.15, -0.1) is 11.3 Å². The van der Waals surface area contributed by atoms with Crippen molar-refractivity contribution in [1.82, 2.24) is 9.88 Å². The molecule has 1 aromatic heterocycles. The summed E-state index contributed by atoms with van der Waals surface area (Å²) in [5, 5.41) is 3.02. The van der Waals surface area contributed by atoms with Gasteiger partial charge in [-0.25, -0.2) is 4.98 Å². The Bertz CT molecular complexity index is 635. The highest BCUT2D eigenvalue weighted by molar-refractivity contribution is 7.13. The quantitative estimate of drug-likeness (QED) is 0.754. The van der Waals surface area contributed by atoms with Crippen LogP contribution in [0.5, 0.6) is 5.75 Å².